The van der Waals surface area contributed by atoms with Crippen molar-refractivity contribution < 1.29 is 0 Å². The Kier molecular flexibility index (Phi) is 9.24. The molecule has 1 unspecified atom stereocenters. The number of allylic oxidation sites excluding steroid dienone is 7. The van der Waals surface area contributed by atoms with E-state index >= 15 is 0 Å². The van der Waals surface area contributed by atoms with Gasteiger partial charge in [0.1, 0.15) is 0 Å². The minimum absolute atomic E-state index is 0.640. The molecular weight excluding hydrogens is 390 g/mol. The molecule has 3 nitrogen and oxygen atoms in total. The van der Waals surface area contributed by atoms with Crippen LogP contribution in [0.5, 0.6) is 0 Å². The second-order valence-electron chi connectivity index (χ2n) is 8.40. The molecule has 0 spiro atoms. The normalized spacial score (nSPS) is 16.9. The predicted octanol–water partition coefficient (Wildman–Crippen LogP) is 8.43. The summed E-state index contributed by atoms with van der Waals surface area (Å²) in [4.78, 5) is 0. The molecule has 4 rings (SSSR count). The number of rotatable bonds is 7. The summed E-state index contributed by atoms with van der Waals surface area (Å²) in [5.74, 6) is 0.640. The van der Waals surface area contributed by atoms with Crippen LogP contribution in [0.25, 0.3) is 0 Å². The van der Waals surface area contributed by atoms with Crippen molar-refractivity contribution in [1.29, 1.82) is 0 Å². The zero-order chi connectivity index (χ0) is 22.6. The van der Waals surface area contributed by atoms with Gasteiger partial charge in [0.05, 0.1) is 0 Å². The summed E-state index contributed by atoms with van der Waals surface area (Å²) < 4.78 is 0. The van der Waals surface area contributed by atoms with Crippen molar-refractivity contribution in [3.05, 3.63) is 96.3 Å². The molecular formula is C29H37N3. The third-order valence-corrected chi connectivity index (χ3v) is 5.56. The van der Waals surface area contributed by atoms with E-state index in [2.05, 4.69) is 115 Å². The van der Waals surface area contributed by atoms with Crippen molar-refractivity contribution in [3.8, 4) is 0 Å². The van der Waals surface area contributed by atoms with E-state index in [9.17, 15) is 0 Å². The van der Waals surface area contributed by atoms with Gasteiger partial charge in [-0.15, -0.1) is 0 Å². The molecule has 0 heterocycles. The number of nitrogens with one attached hydrogen (secondary N) is 3. The van der Waals surface area contributed by atoms with Crippen molar-refractivity contribution >= 4 is 22.7 Å². The molecule has 3 heteroatoms. The summed E-state index contributed by atoms with van der Waals surface area (Å²) in [5, 5.41) is 9.97. The third-order valence-electron chi connectivity index (χ3n) is 5.56. The second-order valence-corrected chi connectivity index (χ2v) is 8.40. The minimum Gasteiger partial charge on any atom is -0.388 e. The van der Waals surface area contributed by atoms with Crippen molar-refractivity contribution in [2.24, 2.45) is 5.92 Å². The largest absolute Gasteiger partial charge is 0.388 e. The fraction of sp³-hybridized carbons (Fsp3) is 0.310. The standard InChI is InChI=1S/C20H23N3.C9H14/c1-15-3-5-17(6-4-15)22-19-11-13-20(14-12-19)23-18-9-7-16(21-2)8-10-18;1-2-6-9-7-4-3-5-8-9/h3,5-15,21-23H,4H2,1-2H3;4,7-8H,2-3,5-6H2,1H3. The summed E-state index contributed by atoms with van der Waals surface area (Å²) in [6.07, 6.45) is 19.7. The quantitative estimate of drug-likeness (QED) is 0.415. The van der Waals surface area contributed by atoms with E-state index in [1.807, 2.05) is 7.05 Å². The molecule has 0 amide bonds. The maximum atomic E-state index is 3.45. The van der Waals surface area contributed by atoms with Gasteiger partial charge in [0.15, 0.2) is 0 Å². The van der Waals surface area contributed by atoms with E-state index in [0.29, 0.717) is 5.92 Å². The maximum absolute atomic E-state index is 3.45. The van der Waals surface area contributed by atoms with Gasteiger partial charge in [-0.1, -0.05) is 56.2 Å². The van der Waals surface area contributed by atoms with Crippen LogP contribution in [0.2, 0.25) is 0 Å². The molecule has 0 radical (unpaired) electrons. The van der Waals surface area contributed by atoms with Gasteiger partial charge < -0.3 is 16.0 Å². The van der Waals surface area contributed by atoms with Crippen LogP contribution >= 0.6 is 0 Å². The number of benzene rings is 2. The molecule has 32 heavy (non-hydrogen) atoms. The Bertz CT molecular complexity index is 947. The fourth-order valence-corrected chi connectivity index (χ4v) is 3.65. The molecule has 0 saturated carbocycles. The van der Waals surface area contributed by atoms with Crippen LogP contribution in [-0.2, 0) is 0 Å². The molecule has 0 saturated heterocycles. The van der Waals surface area contributed by atoms with Gasteiger partial charge in [0.25, 0.3) is 0 Å². The van der Waals surface area contributed by atoms with Gasteiger partial charge in [-0.25, -0.2) is 0 Å². The Morgan fingerprint density at radius 1 is 0.781 bits per heavy atom. The van der Waals surface area contributed by atoms with Crippen LogP contribution in [0.1, 0.15) is 46.0 Å². The topological polar surface area (TPSA) is 36.1 Å². The lowest BCUT2D eigenvalue weighted by atomic mass is 10.0. The number of anilines is 4. The van der Waals surface area contributed by atoms with E-state index < -0.39 is 0 Å². The van der Waals surface area contributed by atoms with Gasteiger partial charge in [-0.3, -0.25) is 0 Å². The lowest BCUT2D eigenvalue weighted by Gasteiger charge is -2.14. The third kappa shape index (κ3) is 7.81. The molecule has 168 valence electrons. The minimum atomic E-state index is 0.640. The molecule has 0 aliphatic heterocycles. The lowest BCUT2D eigenvalue weighted by molar-refractivity contribution is 0.731. The van der Waals surface area contributed by atoms with Gasteiger partial charge in [0, 0.05) is 35.5 Å². The SMILES string of the molecule is CCCC1=CCCC=C1.CNc1ccc(Nc2ccc(NC3=CCC(C)C=C3)cc2)cc1. The molecule has 0 fully saturated rings. The van der Waals surface area contributed by atoms with Crippen LogP contribution in [0.15, 0.2) is 96.3 Å². The molecule has 2 aliphatic rings. The van der Waals surface area contributed by atoms with E-state index in [1.54, 1.807) is 0 Å². The smallest absolute Gasteiger partial charge is 0.0385 e. The van der Waals surface area contributed by atoms with Crippen LogP contribution in [0, 0.1) is 5.92 Å². The van der Waals surface area contributed by atoms with E-state index in [-0.39, 0.29) is 0 Å². The van der Waals surface area contributed by atoms with Crippen molar-refractivity contribution in [2.45, 2.75) is 46.0 Å². The van der Waals surface area contributed by atoms with E-state index in [4.69, 9.17) is 0 Å². The average Bonchev–Trinajstić information content (AvgIpc) is 2.84. The van der Waals surface area contributed by atoms with Crippen LogP contribution in [0.3, 0.4) is 0 Å². The first-order valence-electron chi connectivity index (χ1n) is 11.8. The van der Waals surface area contributed by atoms with Crippen LogP contribution in [0.4, 0.5) is 22.7 Å². The molecule has 2 aromatic rings. The van der Waals surface area contributed by atoms with E-state index in [1.165, 1.54) is 37.0 Å². The molecule has 3 N–H and O–H groups in total. The highest BCUT2D eigenvalue weighted by Gasteiger charge is 2.04. The van der Waals surface area contributed by atoms with Gasteiger partial charge in [0.2, 0.25) is 0 Å². The Morgan fingerprint density at radius 3 is 1.91 bits per heavy atom. The second kappa shape index (κ2) is 12.6. The molecule has 1 atom stereocenters. The summed E-state index contributed by atoms with van der Waals surface area (Å²) in [6.45, 7) is 4.45. The summed E-state index contributed by atoms with van der Waals surface area (Å²) in [7, 11) is 1.92. The van der Waals surface area contributed by atoms with Crippen molar-refractivity contribution in [1.82, 2.24) is 0 Å². The summed E-state index contributed by atoms with van der Waals surface area (Å²) >= 11 is 0. The highest BCUT2D eigenvalue weighted by molar-refractivity contribution is 5.65. The Balaban J connectivity index is 0.000000269. The summed E-state index contributed by atoms with van der Waals surface area (Å²) in [5.41, 5.74) is 7.08. The first-order valence-corrected chi connectivity index (χ1v) is 11.8. The zero-order valence-electron chi connectivity index (χ0n) is 19.7. The Morgan fingerprint density at radius 2 is 1.41 bits per heavy atom. The van der Waals surface area contributed by atoms with Gasteiger partial charge in [-0.05, 0) is 86.2 Å². The van der Waals surface area contributed by atoms with Crippen molar-refractivity contribution in [2.75, 3.05) is 23.0 Å². The molecule has 2 aromatic carbocycles. The van der Waals surface area contributed by atoms with Crippen LogP contribution < -0.4 is 16.0 Å². The first kappa shape index (κ1) is 23.5. The van der Waals surface area contributed by atoms with Crippen LogP contribution in [-0.4, -0.2) is 7.05 Å². The Labute approximate surface area is 194 Å². The highest BCUT2D eigenvalue weighted by atomic mass is 14.9. The zero-order valence-corrected chi connectivity index (χ0v) is 19.7. The number of hydrogen-bond acceptors (Lipinski definition) is 3. The molecule has 0 aromatic heterocycles. The maximum Gasteiger partial charge on any atom is 0.0385 e. The summed E-state index contributed by atoms with van der Waals surface area (Å²) in [6, 6.07) is 16.6. The fourth-order valence-electron chi connectivity index (χ4n) is 3.65. The first-order chi connectivity index (χ1) is 15.7. The van der Waals surface area contributed by atoms with Crippen molar-refractivity contribution in [3.63, 3.8) is 0 Å². The van der Waals surface area contributed by atoms with Gasteiger partial charge >= 0.3 is 0 Å². The number of hydrogen-bond donors (Lipinski definition) is 3. The van der Waals surface area contributed by atoms with Gasteiger partial charge in [-0.2, -0.15) is 0 Å². The molecule has 2 aliphatic carbocycles. The highest BCUT2D eigenvalue weighted by Crippen LogP contribution is 2.22. The monoisotopic (exact) mass is 427 g/mol. The average molecular weight is 428 g/mol. The molecule has 0 bridgehead atoms. The predicted molar refractivity (Wildman–Crippen MR) is 142 cm³/mol. The Hall–Kier alpha value is -3.20. The lowest BCUT2D eigenvalue weighted by Crippen LogP contribution is -2.02. The van der Waals surface area contributed by atoms with E-state index in [0.717, 1.165) is 29.2 Å².